The predicted octanol–water partition coefficient (Wildman–Crippen LogP) is 2.18. The van der Waals surface area contributed by atoms with Crippen LogP contribution in [0.1, 0.15) is 20.7 Å². The maximum Gasteiger partial charge on any atom is 0.341 e. The van der Waals surface area contributed by atoms with Crippen LogP contribution in [-0.2, 0) is 34.3 Å². The summed E-state index contributed by atoms with van der Waals surface area (Å²) in [4.78, 5) is 35.3. The van der Waals surface area contributed by atoms with Crippen molar-refractivity contribution in [2.45, 2.75) is 9.79 Å². The number of primary sulfonamides is 2. The molecule has 0 unspecified atom stereocenters. The molecule has 0 aliphatic rings. The topological polar surface area (TPSA) is 190 Å². The molecule has 0 amide bonds. The van der Waals surface area contributed by atoms with Crippen LogP contribution in [0.25, 0.3) is 0 Å². The van der Waals surface area contributed by atoms with Gasteiger partial charge in [0.25, 0.3) is 0 Å². The number of nitrogens with two attached hydrogens (primary N) is 2. The molecule has 17 heteroatoms. The molecule has 184 valence electrons. The van der Waals surface area contributed by atoms with Crippen LogP contribution in [0.5, 0.6) is 0 Å². The molecule has 0 atom stereocenters. The molecule has 0 saturated carbocycles. The third-order valence-corrected chi connectivity index (χ3v) is 7.41. The van der Waals surface area contributed by atoms with Gasteiger partial charge in [-0.2, -0.15) is 0 Å². The van der Waals surface area contributed by atoms with Crippen LogP contribution in [0.15, 0.2) is 34.1 Å². The van der Waals surface area contributed by atoms with Crippen LogP contribution in [0, 0.1) is 0 Å². The first-order chi connectivity index (χ1) is 15.6. The summed E-state index contributed by atoms with van der Waals surface area (Å²) in [7, 11) is -8.58. The number of carbonyl (C=O) groups is 3. The van der Waals surface area contributed by atoms with Crippen molar-refractivity contribution in [1.82, 2.24) is 0 Å². The predicted molar refractivity (Wildman–Crippen MR) is 121 cm³/mol. The number of ether oxygens (including phenoxy) is 2. The van der Waals surface area contributed by atoms with E-state index in [2.05, 4.69) is 0 Å². The Kier molecular flexibility index (Phi) is 8.93. The van der Waals surface area contributed by atoms with E-state index in [1.54, 1.807) is 0 Å². The van der Waals surface area contributed by atoms with Crippen molar-refractivity contribution in [2.75, 3.05) is 13.2 Å². The first kappa shape index (κ1) is 28.3. The van der Waals surface area contributed by atoms with Crippen LogP contribution in [-0.4, -0.2) is 47.8 Å². The molecule has 2 aromatic carbocycles. The molecular weight excluding hydrogens is 582 g/mol. The quantitative estimate of drug-likeness (QED) is 0.432. The lowest BCUT2D eigenvalue weighted by Crippen LogP contribution is -2.22. The second-order valence-corrected chi connectivity index (χ2v) is 10.9. The Labute approximate surface area is 212 Å². The van der Waals surface area contributed by atoms with E-state index in [-0.39, 0.29) is 10.0 Å². The van der Waals surface area contributed by atoms with Crippen molar-refractivity contribution in [3.63, 3.8) is 0 Å². The monoisotopic (exact) mass is 592 g/mol. The summed E-state index contributed by atoms with van der Waals surface area (Å²) in [6.45, 7) is -1.87. The Morgan fingerprint density at radius 3 is 1.29 bits per heavy atom. The van der Waals surface area contributed by atoms with Gasteiger partial charge in [-0.15, -0.1) is 0 Å². The fraction of sp³-hybridized carbons (Fsp3) is 0.118. The highest BCUT2D eigenvalue weighted by Crippen LogP contribution is 2.32. The van der Waals surface area contributed by atoms with Crippen LogP contribution in [0.3, 0.4) is 0 Å². The summed E-state index contributed by atoms with van der Waals surface area (Å²) in [5, 5.41) is 8.22. The standard InChI is InChI=1S/C17H12Cl4N2O9S2/c18-8-1-3-10(33(22,27)28)14(20)12(8)16(25)31-5-7(24)6-32-17(26)13-9(19)2-4-11(15(13)21)34(23,29)30/h1-4H,5-6H2,(H2,22,27,28)(H2,23,29,30). The average molecular weight is 594 g/mol. The smallest absolute Gasteiger partial charge is 0.341 e. The van der Waals surface area contributed by atoms with E-state index in [0.29, 0.717) is 0 Å². The molecule has 0 saturated heterocycles. The van der Waals surface area contributed by atoms with Crippen LogP contribution in [0.4, 0.5) is 0 Å². The van der Waals surface area contributed by atoms with Gasteiger partial charge in [-0.1, -0.05) is 46.4 Å². The Morgan fingerprint density at radius 2 is 1.00 bits per heavy atom. The highest BCUT2D eigenvalue weighted by Gasteiger charge is 2.26. The van der Waals surface area contributed by atoms with Gasteiger partial charge >= 0.3 is 11.9 Å². The van der Waals surface area contributed by atoms with E-state index in [1.807, 2.05) is 0 Å². The molecule has 0 heterocycles. The SMILES string of the molecule is NS(=O)(=O)c1ccc(Cl)c(C(=O)OCC(=O)COC(=O)c2c(Cl)ccc(S(N)(=O)=O)c2Cl)c1Cl. The largest absolute Gasteiger partial charge is 0.454 e. The second kappa shape index (κ2) is 10.7. The molecular formula is C17H12Cl4N2O9S2. The zero-order chi connectivity index (χ0) is 26.0. The molecule has 0 aliphatic carbocycles. The molecule has 2 aromatic rings. The van der Waals surface area contributed by atoms with Gasteiger partial charge in [0.2, 0.25) is 25.8 Å². The van der Waals surface area contributed by atoms with Gasteiger partial charge in [0, 0.05) is 0 Å². The maximum atomic E-state index is 12.3. The number of esters is 2. The molecule has 0 aliphatic heterocycles. The summed E-state index contributed by atoms with van der Waals surface area (Å²) < 4.78 is 55.6. The third kappa shape index (κ3) is 6.58. The fourth-order valence-electron chi connectivity index (χ4n) is 2.36. The molecule has 0 radical (unpaired) electrons. The lowest BCUT2D eigenvalue weighted by atomic mass is 10.2. The van der Waals surface area contributed by atoms with E-state index in [4.69, 9.17) is 66.2 Å². The minimum Gasteiger partial charge on any atom is -0.454 e. The summed E-state index contributed by atoms with van der Waals surface area (Å²) in [5.41, 5.74) is -1.11. The normalized spacial score (nSPS) is 11.7. The van der Waals surface area contributed by atoms with Crippen molar-refractivity contribution in [3.8, 4) is 0 Å². The van der Waals surface area contributed by atoms with Crippen molar-refractivity contribution < 1.29 is 40.7 Å². The van der Waals surface area contributed by atoms with E-state index in [0.717, 1.165) is 24.3 Å². The van der Waals surface area contributed by atoms with Gasteiger partial charge in [-0.25, -0.2) is 36.7 Å². The summed E-state index contributed by atoms with van der Waals surface area (Å²) >= 11 is 23.5. The number of halogens is 4. The average Bonchev–Trinajstić information content (AvgIpc) is 2.68. The summed E-state index contributed by atoms with van der Waals surface area (Å²) in [6, 6.07) is 4.03. The zero-order valence-electron chi connectivity index (χ0n) is 16.4. The minimum absolute atomic E-state index is 0.278. The Morgan fingerprint density at radius 1 is 0.676 bits per heavy atom. The van der Waals surface area contributed by atoms with Crippen molar-refractivity contribution in [2.24, 2.45) is 10.3 Å². The lowest BCUT2D eigenvalue weighted by molar-refractivity contribution is -0.125. The summed E-state index contributed by atoms with van der Waals surface area (Å²) in [5.74, 6) is -3.45. The zero-order valence-corrected chi connectivity index (χ0v) is 21.0. The van der Waals surface area contributed by atoms with Gasteiger partial charge in [0.15, 0.2) is 13.2 Å². The van der Waals surface area contributed by atoms with Crippen LogP contribution < -0.4 is 10.3 Å². The number of sulfonamides is 2. The summed E-state index contributed by atoms with van der Waals surface area (Å²) in [6.07, 6.45) is 0. The van der Waals surface area contributed by atoms with Crippen molar-refractivity contribution >= 4 is 84.2 Å². The van der Waals surface area contributed by atoms with Gasteiger partial charge in [0.05, 0.1) is 31.2 Å². The van der Waals surface area contributed by atoms with Crippen molar-refractivity contribution in [1.29, 1.82) is 0 Å². The van der Waals surface area contributed by atoms with Gasteiger partial charge in [-0.05, 0) is 24.3 Å². The molecule has 0 aromatic heterocycles. The van der Waals surface area contributed by atoms with Crippen molar-refractivity contribution in [3.05, 3.63) is 55.5 Å². The highest BCUT2D eigenvalue weighted by atomic mass is 35.5. The van der Waals surface area contributed by atoms with E-state index < -0.39 is 81.9 Å². The number of Topliss-reactive ketones (excluding diaryl/α,β-unsaturated/α-hetero) is 1. The highest BCUT2D eigenvalue weighted by molar-refractivity contribution is 7.89. The third-order valence-electron chi connectivity index (χ3n) is 3.86. The lowest BCUT2D eigenvalue weighted by Gasteiger charge is -2.11. The molecule has 34 heavy (non-hydrogen) atoms. The number of carbonyl (C=O) groups excluding carboxylic acids is 3. The number of hydrogen-bond donors (Lipinski definition) is 2. The number of hydrogen-bond acceptors (Lipinski definition) is 9. The Bertz CT molecular complexity index is 1310. The number of rotatable bonds is 8. The van der Waals surface area contributed by atoms with Gasteiger partial charge in [-0.3, -0.25) is 4.79 Å². The molecule has 0 bridgehead atoms. The number of benzene rings is 2. The Balaban J connectivity index is 2.10. The second-order valence-electron chi connectivity index (χ2n) is 6.25. The molecule has 2 rings (SSSR count). The van der Waals surface area contributed by atoms with Crippen LogP contribution in [0.2, 0.25) is 20.1 Å². The number of ketones is 1. The Hall–Kier alpha value is -1.97. The van der Waals surface area contributed by atoms with E-state index >= 15 is 0 Å². The van der Waals surface area contributed by atoms with E-state index in [1.165, 1.54) is 0 Å². The molecule has 11 nitrogen and oxygen atoms in total. The van der Waals surface area contributed by atoms with Gasteiger partial charge in [0.1, 0.15) is 9.79 Å². The first-order valence-electron chi connectivity index (χ1n) is 8.43. The fourth-order valence-corrected chi connectivity index (χ4v) is 5.27. The van der Waals surface area contributed by atoms with Gasteiger partial charge < -0.3 is 9.47 Å². The van der Waals surface area contributed by atoms with Crippen LogP contribution >= 0.6 is 46.4 Å². The first-order valence-corrected chi connectivity index (χ1v) is 13.0. The van der Waals surface area contributed by atoms with E-state index in [9.17, 15) is 31.2 Å². The maximum absolute atomic E-state index is 12.3. The molecule has 4 N–H and O–H groups in total. The molecule has 0 spiro atoms. The minimum atomic E-state index is -4.29. The molecule has 0 fully saturated rings.